The lowest BCUT2D eigenvalue weighted by Crippen LogP contribution is -2.48. The van der Waals surface area contributed by atoms with E-state index in [0.29, 0.717) is 60.0 Å². The molecule has 1 fully saturated rings. The van der Waals surface area contributed by atoms with E-state index < -0.39 is 23.0 Å². The highest BCUT2D eigenvalue weighted by Gasteiger charge is 2.31. The van der Waals surface area contributed by atoms with Crippen LogP contribution in [0, 0.1) is 0 Å². The van der Waals surface area contributed by atoms with E-state index in [1.54, 1.807) is 35.2 Å². The van der Waals surface area contributed by atoms with Crippen molar-refractivity contribution >= 4 is 22.5 Å². The largest absolute Gasteiger partial charge is 0.493 e. The second kappa shape index (κ2) is 11.0. The number of anilines is 1. The molecule has 0 bridgehead atoms. The van der Waals surface area contributed by atoms with Gasteiger partial charge in [-0.1, -0.05) is 18.2 Å². The third-order valence-corrected chi connectivity index (χ3v) is 7.13. The summed E-state index contributed by atoms with van der Waals surface area (Å²) in [5, 5.41) is 0.262. The van der Waals surface area contributed by atoms with Crippen LogP contribution < -0.4 is 25.6 Å². The van der Waals surface area contributed by atoms with Gasteiger partial charge in [-0.05, 0) is 42.0 Å². The zero-order chi connectivity index (χ0) is 29.3. The van der Waals surface area contributed by atoms with Crippen LogP contribution in [-0.2, 0) is 12.7 Å². The Morgan fingerprint density at radius 3 is 2.20 bits per heavy atom. The predicted octanol–water partition coefficient (Wildman–Crippen LogP) is 3.74. The molecule has 3 aromatic carbocycles. The Morgan fingerprint density at radius 2 is 1.56 bits per heavy atom. The van der Waals surface area contributed by atoms with Crippen LogP contribution in [0.25, 0.3) is 10.9 Å². The van der Waals surface area contributed by atoms with Gasteiger partial charge in [0.2, 0.25) is 0 Å². The SMILES string of the molecule is COc1cc2[nH]c(=O)n(Cc3ccc(C(=O)N4CCN(c5cccc(C(F)(F)F)c5)CC4)cc3)c(=O)c2cc1OC. The number of aromatic amines is 1. The molecule has 214 valence electrons. The van der Waals surface area contributed by atoms with Crippen LogP contribution in [-0.4, -0.2) is 60.8 Å². The van der Waals surface area contributed by atoms with E-state index in [4.69, 9.17) is 9.47 Å². The molecule has 9 nitrogen and oxygen atoms in total. The minimum absolute atomic E-state index is 0.0113. The molecule has 0 spiro atoms. The standard InChI is InChI=1S/C29H27F3N4O5/c1-40-24-15-22-23(16-25(24)41-2)33-28(39)36(27(22)38)17-18-6-8-19(9-7-18)26(37)35-12-10-34(11-13-35)21-5-3-4-20(14-21)29(30,31)32/h3-9,14-16H,10-13,17H2,1-2H3,(H,33,39). The molecular formula is C29H27F3N4O5. The lowest BCUT2D eigenvalue weighted by atomic mass is 10.1. The first-order valence-corrected chi connectivity index (χ1v) is 12.8. The number of rotatable bonds is 6. The number of H-pyrrole nitrogens is 1. The van der Waals surface area contributed by atoms with E-state index in [9.17, 15) is 27.6 Å². The van der Waals surface area contributed by atoms with E-state index in [1.165, 1.54) is 32.4 Å². The Balaban J connectivity index is 1.27. The highest BCUT2D eigenvalue weighted by molar-refractivity contribution is 5.94. The van der Waals surface area contributed by atoms with Gasteiger partial charge < -0.3 is 24.3 Å². The Bertz CT molecular complexity index is 1710. The normalized spacial score (nSPS) is 13.9. The van der Waals surface area contributed by atoms with Crippen LogP contribution in [0.4, 0.5) is 18.9 Å². The van der Waals surface area contributed by atoms with Gasteiger partial charge in [0.25, 0.3) is 11.5 Å². The Kier molecular flexibility index (Phi) is 7.48. The maximum Gasteiger partial charge on any atom is 0.416 e. The molecule has 5 rings (SSSR count). The van der Waals surface area contributed by atoms with Crippen molar-refractivity contribution < 1.29 is 27.4 Å². The zero-order valence-corrected chi connectivity index (χ0v) is 22.3. The number of amides is 1. The first kappa shape index (κ1) is 27.8. The number of hydrogen-bond donors (Lipinski definition) is 1. The number of carbonyl (C=O) groups excluding carboxylic acids is 1. The Morgan fingerprint density at radius 1 is 0.902 bits per heavy atom. The molecule has 1 amide bonds. The number of carbonyl (C=O) groups is 1. The van der Waals surface area contributed by atoms with Gasteiger partial charge in [-0.3, -0.25) is 14.2 Å². The van der Waals surface area contributed by atoms with Gasteiger partial charge in [0, 0.05) is 43.5 Å². The van der Waals surface area contributed by atoms with Crippen molar-refractivity contribution in [2.75, 3.05) is 45.3 Å². The van der Waals surface area contributed by atoms with Gasteiger partial charge in [-0.2, -0.15) is 13.2 Å². The minimum Gasteiger partial charge on any atom is -0.493 e. The first-order valence-electron chi connectivity index (χ1n) is 12.8. The van der Waals surface area contributed by atoms with Gasteiger partial charge in [-0.15, -0.1) is 0 Å². The first-order chi connectivity index (χ1) is 19.6. The van der Waals surface area contributed by atoms with Crippen LogP contribution in [0.2, 0.25) is 0 Å². The van der Waals surface area contributed by atoms with Crippen molar-refractivity contribution in [3.63, 3.8) is 0 Å². The van der Waals surface area contributed by atoms with Crippen LogP contribution in [0.3, 0.4) is 0 Å². The van der Waals surface area contributed by atoms with Crippen molar-refractivity contribution in [3.05, 3.63) is 98.2 Å². The summed E-state index contributed by atoms with van der Waals surface area (Å²) >= 11 is 0. The van der Waals surface area contributed by atoms with E-state index in [0.717, 1.165) is 16.7 Å². The highest BCUT2D eigenvalue weighted by Crippen LogP contribution is 2.32. The molecule has 1 aliphatic heterocycles. The molecule has 4 aromatic rings. The second-order valence-electron chi connectivity index (χ2n) is 9.60. The van der Waals surface area contributed by atoms with Crippen molar-refractivity contribution in [2.24, 2.45) is 0 Å². The monoisotopic (exact) mass is 568 g/mol. The lowest BCUT2D eigenvalue weighted by Gasteiger charge is -2.36. The van der Waals surface area contributed by atoms with E-state index in [2.05, 4.69) is 4.98 Å². The molecule has 41 heavy (non-hydrogen) atoms. The fraction of sp³-hybridized carbons (Fsp3) is 0.276. The minimum atomic E-state index is -4.42. The molecule has 1 saturated heterocycles. The van der Waals surface area contributed by atoms with Gasteiger partial charge in [0.15, 0.2) is 11.5 Å². The number of methoxy groups -OCH3 is 2. The maximum absolute atomic E-state index is 13.1. The molecule has 1 aliphatic rings. The number of nitrogens with zero attached hydrogens (tertiary/aromatic N) is 3. The number of benzene rings is 3. The molecule has 0 saturated carbocycles. The number of fused-ring (bicyclic) bond motifs is 1. The van der Waals surface area contributed by atoms with E-state index >= 15 is 0 Å². The summed E-state index contributed by atoms with van der Waals surface area (Å²) in [7, 11) is 2.91. The quantitative estimate of drug-likeness (QED) is 0.381. The van der Waals surface area contributed by atoms with Gasteiger partial charge in [0.05, 0.1) is 37.2 Å². The molecule has 1 N–H and O–H groups in total. The predicted molar refractivity (Wildman–Crippen MR) is 147 cm³/mol. The number of aromatic nitrogens is 2. The van der Waals surface area contributed by atoms with Crippen molar-refractivity contribution in [1.82, 2.24) is 14.5 Å². The van der Waals surface area contributed by atoms with Crippen LogP contribution in [0.1, 0.15) is 21.5 Å². The molecule has 0 unspecified atom stereocenters. The van der Waals surface area contributed by atoms with Gasteiger partial charge in [-0.25, -0.2) is 4.79 Å². The number of halogens is 3. The summed E-state index contributed by atoms with van der Waals surface area (Å²) in [6.45, 7) is 1.49. The van der Waals surface area contributed by atoms with Gasteiger partial charge >= 0.3 is 11.9 Å². The van der Waals surface area contributed by atoms with Crippen molar-refractivity contribution in [3.8, 4) is 11.5 Å². The van der Waals surface area contributed by atoms with E-state index in [-0.39, 0.29) is 17.8 Å². The number of nitrogens with one attached hydrogen (secondary N) is 1. The molecule has 12 heteroatoms. The van der Waals surface area contributed by atoms with Crippen molar-refractivity contribution in [2.45, 2.75) is 12.7 Å². The average Bonchev–Trinajstić information content (AvgIpc) is 2.98. The summed E-state index contributed by atoms with van der Waals surface area (Å²) in [4.78, 5) is 45.1. The topological polar surface area (TPSA) is 96.9 Å². The van der Waals surface area contributed by atoms with Crippen LogP contribution in [0.5, 0.6) is 11.5 Å². The Labute approximate surface area is 232 Å². The number of alkyl halides is 3. The maximum atomic E-state index is 13.1. The third-order valence-electron chi connectivity index (χ3n) is 7.13. The molecular weight excluding hydrogens is 541 g/mol. The second-order valence-corrected chi connectivity index (χ2v) is 9.60. The van der Waals surface area contributed by atoms with Crippen LogP contribution >= 0.6 is 0 Å². The number of ether oxygens (including phenoxy) is 2. The third kappa shape index (κ3) is 5.63. The highest BCUT2D eigenvalue weighted by atomic mass is 19.4. The van der Waals surface area contributed by atoms with E-state index in [1.807, 2.05) is 4.90 Å². The van der Waals surface area contributed by atoms with Gasteiger partial charge in [0.1, 0.15) is 0 Å². The fourth-order valence-corrected chi connectivity index (χ4v) is 4.89. The molecule has 0 radical (unpaired) electrons. The van der Waals surface area contributed by atoms with Crippen molar-refractivity contribution in [1.29, 1.82) is 0 Å². The average molecular weight is 569 g/mol. The smallest absolute Gasteiger partial charge is 0.416 e. The summed E-state index contributed by atoms with van der Waals surface area (Å²) in [6, 6.07) is 14.8. The summed E-state index contributed by atoms with van der Waals surface area (Å²) < 4.78 is 50.8. The summed E-state index contributed by atoms with van der Waals surface area (Å²) in [6.07, 6.45) is -4.42. The van der Waals surface area contributed by atoms with Crippen LogP contribution in [0.15, 0.2) is 70.3 Å². The summed E-state index contributed by atoms with van der Waals surface area (Å²) in [5.74, 6) is 0.529. The zero-order valence-electron chi connectivity index (χ0n) is 22.3. The number of hydrogen-bond acceptors (Lipinski definition) is 6. The lowest BCUT2D eigenvalue weighted by molar-refractivity contribution is -0.137. The fourth-order valence-electron chi connectivity index (χ4n) is 4.89. The number of piperazine rings is 1. The Hall–Kier alpha value is -4.74. The molecule has 0 aliphatic carbocycles. The molecule has 0 atom stereocenters. The molecule has 1 aromatic heterocycles. The summed E-state index contributed by atoms with van der Waals surface area (Å²) in [5.41, 5.74) is 0.0653. The molecule has 2 heterocycles.